The molecule has 0 atom stereocenters. The van der Waals surface area contributed by atoms with Crippen LogP contribution in [0.15, 0.2) is 9.00 Å². The van der Waals surface area contributed by atoms with Gasteiger partial charge in [0, 0.05) is 10.6 Å². The molecule has 0 fully saturated rings. The molecule has 0 saturated carbocycles. The van der Waals surface area contributed by atoms with Gasteiger partial charge in [-0.3, -0.25) is 9.29 Å². The topological polar surface area (TPSA) is 81.1 Å². The van der Waals surface area contributed by atoms with Crippen molar-refractivity contribution >= 4 is 38.9 Å². The fraction of sp³-hybridized carbons (Fsp3) is 0.600. The van der Waals surface area contributed by atoms with Crippen LogP contribution in [0.4, 0.5) is 19.0 Å². The summed E-state index contributed by atoms with van der Waals surface area (Å²) in [5.74, 6) is -1.23. The van der Waals surface area contributed by atoms with E-state index in [-0.39, 0.29) is 11.5 Å². The second-order valence-electron chi connectivity index (χ2n) is 6.47. The number of rotatable bonds is 7. The van der Waals surface area contributed by atoms with Gasteiger partial charge in [0.2, 0.25) is 10.0 Å². The highest BCUT2D eigenvalue weighted by Crippen LogP contribution is 2.38. The molecule has 2 heterocycles. The highest BCUT2D eigenvalue weighted by molar-refractivity contribution is 8.01. The van der Waals surface area contributed by atoms with Gasteiger partial charge < -0.3 is 0 Å². The Hall–Kier alpha value is -1.27. The minimum atomic E-state index is -4.90. The average Bonchev–Trinajstić information content (AvgIpc) is 2.77. The van der Waals surface area contributed by atoms with Gasteiger partial charge in [-0.1, -0.05) is 13.8 Å². The standard InChI is InChI=1S/C15H20F3N3O3S3/c1-8(2)5-6-25-13-11-12(20-27(23,24)7-15(16,17)18)19-14(22)21(11)9(3)10(4)26-13/h8H,5-7H2,1-4H3,(H,19,20,22). The van der Waals surface area contributed by atoms with Crippen LogP contribution in [-0.4, -0.2) is 35.7 Å². The number of hydrogen-bond donors (Lipinski definition) is 1. The van der Waals surface area contributed by atoms with Gasteiger partial charge in [-0.15, -0.1) is 23.1 Å². The number of anilines is 1. The molecule has 6 nitrogen and oxygen atoms in total. The van der Waals surface area contributed by atoms with Crippen LogP contribution in [0.25, 0.3) is 5.69 Å². The summed E-state index contributed by atoms with van der Waals surface area (Å²) in [5, 5.41) is 0. The van der Waals surface area contributed by atoms with Gasteiger partial charge >= 0.3 is 11.9 Å². The zero-order chi connectivity index (χ0) is 20.6. The van der Waals surface area contributed by atoms with E-state index in [9.17, 15) is 26.4 Å². The number of aromatic nitrogens is 2. The van der Waals surface area contributed by atoms with Crippen molar-refractivity contribution in [3.8, 4) is 5.69 Å². The monoisotopic (exact) mass is 443 g/mol. The van der Waals surface area contributed by atoms with Crippen LogP contribution in [0.5, 0.6) is 0 Å². The van der Waals surface area contributed by atoms with Crippen molar-refractivity contribution in [2.24, 2.45) is 5.92 Å². The van der Waals surface area contributed by atoms with Gasteiger partial charge in [-0.05, 0) is 31.9 Å². The molecular formula is C15H20F3N3O3S3. The van der Waals surface area contributed by atoms with Crippen LogP contribution < -0.4 is 10.4 Å². The molecule has 0 amide bonds. The van der Waals surface area contributed by atoms with Crippen LogP contribution in [0, 0.1) is 19.8 Å². The van der Waals surface area contributed by atoms with Crippen molar-refractivity contribution < 1.29 is 21.6 Å². The van der Waals surface area contributed by atoms with Gasteiger partial charge in [-0.2, -0.15) is 18.2 Å². The van der Waals surface area contributed by atoms with Crippen molar-refractivity contribution in [2.75, 3.05) is 16.2 Å². The number of thioether (sulfide) groups is 1. The lowest BCUT2D eigenvalue weighted by Crippen LogP contribution is -2.28. The second kappa shape index (κ2) is 8.00. The molecular weight excluding hydrogens is 423 g/mol. The lowest BCUT2D eigenvalue weighted by atomic mass is 10.2. The number of sulfonamides is 1. The predicted octanol–water partition coefficient (Wildman–Crippen LogP) is 3.79. The molecule has 1 N–H and O–H groups in total. The zero-order valence-corrected chi connectivity index (χ0v) is 17.6. The molecule has 0 radical (unpaired) electrons. The Balaban J connectivity index is 2.50. The molecule has 2 aliphatic rings. The summed E-state index contributed by atoms with van der Waals surface area (Å²) >= 11 is 2.79. The molecule has 152 valence electrons. The van der Waals surface area contributed by atoms with Crippen molar-refractivity contribution in [3.63, 3.8) is 0 Å². The van der Waals surface area contributed by atoms with E-state index in [0.717, 1.165) is 17.1 Å². The quantitative estimate of drug-likeness (QED) is 0.659. The van der Waals surface area contributed by atoms with Gasteiger partial charge in [0.1, 0.15) is 5.69 Å². The van der Waals surface area contributed by atoms with Crippen molar-refractivity contribution in [2.45, 2.75) is 44.5 Å². The first kappa shape index (κ1) is 22.0. The van der Waals surface area contributed by atoms with E-state index in [4.69, 9.17) is 0 Å². The molecule has 2 aliphatic heterocycles. The van der Waals surface area contributed by atoms with E-state index in [2.05, 4.69) is 18.8 Å². The Labute approximate surface area is 163 Å². The summed E-state index contributed by atoms with van der Waals surface area (Å²) in [6, 6.07) is 0. The number of halogens is 3. The van der Waals surface area contributed by atoms with Crippen LogP contribution in [0.2, 0.25) is 0 Å². The maximum atomic E-state index is 12.5. The largest absolute Gasteiger partial charge is 0.404 e. The number of hydrogen-bond acceptors (Lipinski definition) is 6. The smallest absolute Gasteiger partial charge is 0.265 e. The van der Waals surface area contributed by atoms with E-state index in [1.165, 1.54) is 27.7 Å². The minimum Gasteiger partial charge on any atom is -0.265 e. The molecule has 0 bridgehead atoms. The molecule has 12 heteroatoms. The lowest BCUT2D eigenvalue weighted by Gasteiger charge is -2.16. The molecule has 2 rings (SSSR count). The minimum absolute atomic E-state index is 0.201. The molecule has 0 unspecified atom stereocenters. The number of imidazole rings is 1. The molecule has 0 spiro atoms. The Bertz CT molecular complexity index is 949. The van der Waals surface area contributed by atoms with Crippen LogP contribution >= 0.6 is 23.1 Å². The fourth-order valence-corrected chi connectivity index (χ4v) is 5.97. The fourth-order valence-electron chi connectivity index (χ4n) is 2.27. The van der Waals surface area contributed by atoms with Gasteiger partial charge in [0.25, 0.3) is 0 Å². The third kappa shape index (κ3) is 5.61. The summed E-state index contributed by atoms with van der Waals surface area (Å²) in [6.07, 6.45) is -4.00. The first-order chi connectivity index (χ1) is 12.3. The summed E-state index contributed by atoms with van der Waals surface area (Å²) in [4.78, 5) is 16.8. The van der Waals surface area contributed by atoms with Crippen LogP contribution in [-0.2, 0) is 10.0 Å². The number of nitrogens with zero attached hydrogens (tertiary/aromatic N) is 2. The van der Waals surface area contributed by atoms with E-state index in [1.807, 2.05) is 11.6 Å². The Kier molecular flexibility index (Phi) is 6.52. The highest BCUT2D eigenvalue weighted by Gasteiger charge is 2.36. The van der Waals surface area contributed by atoms with Crippen molar-refractivity contribution in [1.29, 1.82) is 0 Å². The molecule has 0 saturated heterocycles. The van der Waals surface area contributed by atoms with Gasteiger partial charge in [-0.25, -0.2) is 13.2 Å². The van der Waals surface area contributed by atoms with Crippen molar-refractivity contribution in [1.82, 2.24) is 9.55 Å². The Morgan fingerprint density at radius 2 is 1.93 bits per heavy atom. The Morgan fingerprint density at radius 1 is 1.30 bits per heavy atom. The predicted molar refractivity (Wildman–Crippen MR) is 102 cm³/mol. The number of alkyl halides is 3. The van der Waals surface area contributed by atoms with Gasteiger partial charge in [0.15, 0.2) is 11.6 Å². The second-order valence-corrected chi connectivity index (χ2v) is 10.8. The van der Waals surface area contributed by atoms with E-state index in [1.54, 1.807) is 6.92 Å². The average molecular weight is 444 g/mol. The van der Waals surface area contributed by atoms with Gasteiger partial charge in [0.05, 0.1) is 4.21 Å². The third-order valence-electron chi connectivity index (χ3n) is 3.66. The van der Waals surface area contributed by atoms with Crippen LogP contribution in [0.1, 0.15) is 30.8 Å². The third-order valence-corrected chi connectivity index (χ3v) is 7.36. The molecule has 0 aromatic carbocycles. The Morgan fingerprint density at radius 3 is 2.48 bits per heavy atom. The lowest BCUT2D eigenvalue weighted by molar-refractivity contribution is -0.106. The number of aryl methyl sites for hydroxylation is 1. The summed E-state index contributed by atoms with van der Waals surface area (Å²) in [7, 11) is -4.74. The molecule has 0 aromatic heterocycles. The first-order valence-electron chi connectivity index (χ1n) is 8.03. The molecule has 27 heavy (non-hydrogen) atoms. The van der Waals surface area contributed by atoms with E-state index >= 15 is 0 Å². The number of nitrogens with one attached hydrogen (secondary N) is 1. The zero-order valence-electron chi connectivity index (χ0n) is 15.2. The maximum absolute atomic E-state index is 12.5. The van der Waals surface area contributed by atoms with Crippen molar-refractivity contribution in [3.05, 3.63) is 21.1 Å². The maximum Gasteiger partial charge on any atom is 0.404 e. The summed E-state index contributed by atoms with van der Waals surface area (Å²) in [6.45, 7) is 7.62. The highest BCUT2D eigenvalue weighted by atomic mass is 32.2. The normalized spacial score (nSPS) is 12.9. The molecule has 0 aliphatic carbocycles. The van der Waals surface area contributed by atoms with E-state index < -0.39 is 27.6 Å². The summed E-state index contributed by atoms with van der Waals surface area (Å²) < 4.78 is 64.9. The van der Waals surface area contributed by atoms with Crippen LogP contribution in [0.3, 0.4) is 0 Å². The first-order valence-corrected chi connectivity index (χ1v) is 11.5. The molecule has 0 aromatic rings. The SMILES string of the molecule is Cc1sc(SCCC(C)C)c2c(NS(=O)(=O)CC(F)(F)F)nc(=O)n-2c1C. The summed E-state index contributed by atoms with van der Waals surface area (Å²) in [5.41, 5.74) is 0.0448. The number of fused-ring (bicyclic) bond motifs is 1. The van der Waals surface area contributed by atoms with E-state index in [0.29, 0.717) is 15.8 Å².